The van der Waals surface area contributed by atoms with Gasteiger partial charge >= 0.3 is 0 Å². The van der Waals surface area contributed by atoms with Crippen molar-refractivity contribution in [3.8, 4) is 0 Å². The molecule has 1 aromatic heterocycles. The molecule has 0 spiro atoms. The Morgan fingerprint density at radius 2 is 2.08 bits per heavy atom. The van der Waals surface area contributed by atoms with Crippen molar-refractivity contribution in [2.45, 2.75) is 26.7 Å². The Morgan fingerprint density at radius 1 is 1.31 bits per heavy atom. The van der Waals surface area contributed by atoms with Gasteiger partial charge in [0.15, 0.2) is 0 Å². The van der Waals surface area contributed by atoms with Gasteiger partial charge in [-0.05, 0) is 41.5 Å². The van der Waals surface area contributed by atoms with Crippen LogP contribution in [0.2, 0.25) is 0 Å². The van der Waals surface area contributed by atoms with Gasteiger partial charge in [-0.1, -0.05) is 19.9 Å². The van der Waals surface area contributed by atoms with Gasteiger partial charge in [-0.3, -0.25) is 0 Å². The van der Waals surface area contributed by atoms with Crippen LogP contribution in [0.4, 0.5) is 0 Å². The molecule has 67 valence electrons. The van der Waals surface area contributed by atoms with Crippen molar-refractivity contribution in [1.82, 2.24) is 0 Å². The number of benzene rings is 1. The molecule has 2 rings (SSSR count). The lowest BCUT2D eigenvalue weighted by molar-refractivity contribution is 0.869. The van der Waals surface area contributed by atoms with E-state index in [-0.39, 0.29) is 0 Å². The molecule has 0 aliphatic carbocycles. The van der Waals surface area contributed by atoms with Crippen molar-refractivity contribution in [3.05, 3.63) is 34.7 Å². The fourth-order valence-corrected chi connectivity index (χ4v) is 2.31. The molecule has 0 atom stereocenters. The number of thiophene rings is 1. The molecule has 13 heavy (non-hydrogen) atoms. The van der Waals surface area contributed by atoms with Crippen LogP contribution in [-0.2, 0) is 0 Å². The van der Waals surface area contributed by atoms with E-state index in [1.165, 1.54) is 21.2 Å². The number of hydrogen-bond donors (Lipinski definition) is 0. The van der Waals surface area contributed by atoms with Crippen molar-refractivity contribution in [1.29, 1.82) is 0 Å². The van der Waals surface area contributed by atoms with Gasteiger partial charge in [0.1, 0.15) is 0 Å². The SMILES string of the molecule is Cc1[c]sc2ccc(C(C)C)cc12. The first-order valence-corrected chi connectivity index (χ1v) is 5.41. The molecule has 0 nitrogen and oxygen atoms in total. The summed E-state index contributed by atoms with van der Waals surface area (Å²) in [6, 6.07) is 6.72. The van der Waals surface area contributed by atoms with Crippen molar-refractivity contribution in [3.63, 3.8) is 0 Å². The first kappa shape index (κ1) is 8.76. The van der Waals surface area contributed by atoms with Crippen molar-refractivity contribution < 1.29 is 0 Å². The van der Waals surface area contributed by atoms with E-state index in [9.17, 15) is 0 Å². The van der Waals surface area contributed by atoms with E-state index in [0.717, 1.165) is 0 Å². The van der Waals surface area contributed by atoms with Crippen molar-refractivity contribution in [2.75, 3.05) is 0 Å². The van der Waals surface area contributed by atoms with Crippen LogP contribution in [0.15, 0.2) is 18.2 Å². The summed E-state index contributed by atoms with van der Waals surface area (Å²) >= 11 is 1.71. The van der Waals surface area contributed by atoms with Gasteiger partial charge in [-0.15, -0.1) is 11.3 Å². The molecule has 0 aliphatic heterocycles. The van der Waals surface area contributed by atoms with E-state index in [1.807, 2.05) is 0 Å². The monoisotopic (exact) mass is 189 g/mol. The summed E-state index contributed by atoms with van der Waals surface area (Å²) in [5, 5.41) is 4.66. The van der Waals surface area contributed by atoms with Crippen LogP contribution >= 0.6 is 11.3 Å². The molecular formula is C12H13S. The van der Waals surface area contributed by atoms with E-state index in [4.69, 9.17) is 0 Å². The van der Waals surface area contributed by atoms with Gasteiger partial charge in [-0.25, -0.2) is 0 Å². The van der Waals surface area contributed by atoms with Gasteiger partial charge in [0, 0.05) is 10.1 Å². The third-order valence-corrected chi connectivity index (χ3v) is 3.37. The largest absolute Gasteiger partial charge is 0.134 e. The standard InChI is InChI=1S/C12H13S/c1-8(2)10-4-5-12-11(6-10)9(3)7-13-12/h4-6,8H,1-3H3. The fraction of sp³-hybridized carbons (Fsp3) is 0.333. The molecular weight excluding hydrogens is 176 g/mol. The molecule has 0 amide bonds. The molecule has 0 fully saturated rings. The zero-order valence-electron chi connectivity index (χ0n) is 8.22. The van der Waals surface area contributed by atoms with Crippen LogP contribution in [0.3, 0.4) is 0 Å². The number of hydrogen-bond acceptors (Lipinski definition) is 1. The van der Waals surface area contributed by atoms with E-state index in [1.54, 1.807) is 11.3 Å². The van der Waals surface area contributed by atoms with Gasteiger partial charge in [0.25, 0.3) is 0 Å². The Morgan fingerprint density at radius 3 is 2.77 bits per heavy atom. The minimum Gasteiger partial charge on any atom is -0.134 e. The average Bonchev–Trinajstić information content (AvgIpc) is 2.47. The second-order valence-electron chi connectivity index (χ2n) is 3.74. The predicted molar refractivity (Wildman–Crippen MR) is 59.5 cm³/mol. The van der Waals surface area contributed by atoms with Crippen LogP contribution in [0, 0.1) is 12.3 Å². The van der Waals surface area contributed by atoms with Crippen molar-refractivity contribution in [2.24, 2.45) is 0 Å². The fourth-order valence-electron chi connectivity index (χ4n) is 1.48. The van der Waals surface area contributed by atoms with E-state index in [2.05, 4.69) is 44.4 Å². The van der Waals surface area contributed by atoms with Gasteiger partial charge in [-0.2, -0.15) is 0 Å². The third-order valence-electron chi connectivity index (χ3n) is 2.39. The quantitative estimate of drug-likeness (QED) is 0.632. The predicted octanol–water partition coefficient (Wildman–Crippen LogP) is 4.13. The second kappa shape index (κ2) is 3.15. The maximum absolute atomic E-state index is 3.28. The Balaban J connectivity index is 2.66. The van der Waals surface area contributed by atoms with Crippen LogP contribution in [0.1, 0.15) is 30.9 Å². The van der Waals surface area contributed by atoms with Gasteiger partial charge in [0.05, 0.1) is 0 Å². The normalized spacial score (nSPS) is 11.4. The van der Waals surface area contributed by atoms with E-state index in [0.29, 0.717) is 5.92 Å². The topological polar surface area (TPSA) is 0 Å². The third kappa shape index (κ3) is 1.49. The molecule has 1 aromatic carbocycles. The molecule has 0 saturated carbocycles. The smallest absolute Gasteiger partial charge is 0.0487 e. The molecule has 1 radical (unpaired) electrons. The first-order valence-electron chi connectivity index (χ1n) is 4.59. The van der Waals surface area contributed by atoms with Gasteiger partial charge in [0.2, 0.25) is 0 Å². The highest BCUT2D eigenvalue weighted by atomic mass is 32.1. The number of fused-ring (bicyclic) bond motifs is 1. The molecule has 0 aliphatic rings. The maximum atomic E-state index is 3.28. The Bertz CT molecular complexity index is 424. The summed E-state index contributed by atoms with van der Waals surface area (Å²) in [6.07, 6.45) is 0. The summed E-state index contributed by atoms with van der Waals surface area (Å²) in [5.41, 5.74) is 2.70. The van der Waals surface area contributed by atoms with Crippen molar-refractivity contribution >= 4 is 21.4 Å². The Kier molecular flexibility index (Phi) is 2.12. The lowest BCUT2D eigenvalue weighted by Crippen LogP contribution is -1.85. The lowest BCUT2D eigenvalue weighted by Gasteiger charge is -2.04. The molecule has 2 aromatic rings. The Hall–Kier alpha value is -0.820. The molecule has 1 heterocycles. The Labute approximate surface area is 83.2 Å². The summed E-state index contributed by atoms with van der Waals surface area (Å²) < 4.78 is 1.35. The van der Waals surface area contributed by atoms with Crippen LogP contribution < -0.4 is 0 Å². The van der Waals surface area contributed by atoms with Crippen LogP contribution in [-0.4, -0.2) is 0 Å². The minimum atomic E-state index is 0.615. The minimum absolute atomic E-state index is 0.615. The zero-order chi connectivity index (χ0) is 9.42. The highest BCUT2D eigenvalue weighted by Gasteiger charge is 2.03. The highest BCUT2D eigenvalue weighted by Crippen LogP contribution is 2.27. The lowest BCUT2D eigenvalue weighted by atomic mass is 10.0. The van der Waals surface area contributed by atoms with E-state index >= 15 is 0 Å². The number of rotatable bonds is 1. The zero-order valence-corrected chi connectivity index (χ0v) is 9.03. The second-order valence-corrected chi connectivity index (χ2v) is 4.59. The summed E-state index contributed by atoms with van der Waals surface area (Å²) in [5.74, 6) is 0.615. The van der Waals surface area contributed by atoms with Crippen LogP contribution in [0.5, 0.6) is 0 Å². The summed E-state index contributed by atoms with van der Waals surface area (Å²) in [4.78, 5) is 0. The summed E-state index contributed by atoms with van der Waals surface area (Å²) in [7, 11) is 0. The number of aryl methyl sites for hydroxylation is 1. The molecule has 0 unspecified atom stereocenters. The van der Waals surface area contributed by atoms with Crippen LogP contribution in [0.25, 0.3) is 10.1 Å². The maximum Gasteiger partial charge on any atom is 0.0487 e. The van der Waals surface area contributed by atoms with E-state index < -0.39 is 0 Å². The van der Waals surface area contributed by atoms with Gasteiger partial charge < -0.3 is 0 Å². The highest BCUT2D eigenvalue weighted by molar-refractivity contribution is 7.16. The average molecular weight is 189 g/mol. The molecule has 0 saturated heterocycles. The molecule has 0 bridgehead atoms. The molecule has 1 heteroatoms. The first-order chi connectivity index (χ1) is 6.18. The molecule has 0 N–H and O–H groups in total. The summed E-state index contributed by atoms with van der Waals surface area (Å²) in [6.45, 7) is 6.59.